The van der Waals surface area contributed by atoms with E-state index in [0.29, 0.717) is 0 Å². The summed E-state index contributed by atoms with van der Waals surface area (Å²) in [6.07, 6.45) is 2.65. The van der Waals surface area contributed by atoms with Gasteiger partial charge in [0.15, 0.2) is 0 Å². The summed E-state index contributed by atoms with van der Waals surface area (Å²) < 4.78 is 15.1. The second kappa shape index (κ2) is 4.67. The first-order valence-electron chi connectivity index (χ1n) is 5.08. The van der Waals surface area contributed by atoms with Crippen molar-refractivity contribution >= 4 is 0 Å². The van der Waals surface area contributed by atoms with Crippen LogP contribution in [0.4, 0.5) is 4.39 Å². The number of nitriles is 1. The van der Waals surface area contributed by atoms with Crippen LogP contribution in [0.1, 0.15) is 0 Å². The Labute approximate surface area is 101 Å². The van der Waals surface area contributed by atoms with Crippen LogP contribution in [-0.4, -0.2) is 9.13 Å². The van der Waals surface area contributed by atoms with Crippen LogP contribution in [0, 0.1) is 17.1 Å². The molecule has 1 aromatic heterocycles. The van der Waals surface area contributed by atoms with Crippen molar-refractivity contribution in [3.8, 4) is 11.8 Å². The molecule has 6 heteroatoms. The van der Waals surface area contributed by atoms with Crippen molar-refractivity contribution in [3.05, 3.63) is 63.2 Å². The van der Waals surface area contributed by atoms with E-state index >= 15 is 0 Å². The van der Waals surface area contributed by atoms with Crippen molar-refractivity contribution in [1.82, 2.24) is 9.13 Å². The molecular formula is C12H8FN3O2. The van der Waals surface area contributed by atoms with Crippen molar-refractivity contribution in [1.29, 1.82) is 5.26 Å². The van der Waals surface area contributed by atoms with Gasteiger partial charge in [0.25, 0.3) is 0 Å². The maximum absolute atomic E-state index is 13.0. The first-order chi connectivity index (χ1) is 8.63. The third-order valence-corrected chi connectivity index (χ3v) is 2.39. The van der Waals surface area contributed by atoms with E-state index in [9.17, 15) is 14.0 Å². The van der Waals surface area contributed by atoms with E-state index in [0.717, 1.165) is 15.2 Å². The molecule has 1 aromatic carbocycles. The number of rotatable bonds is 2. The van der Waals surface area contributed by atoms with Crippen LogP contribution in [0.3, 0.4) is 0 Å². The molecule has 0 saturated carbocycles. The summed E-state index contributed by atoms with van der Waals surface area (Å²) in [5.74, 6) is -0.499. The Morgan fingerprint density at radius 1 is 1.22 bits per heavy atom. The van der Waals surface area contributed by atoms with Gasteiger partial charge in [0.2, 0.25) is 0 Å². The summed E-state index contributed by atoms with van der Waals surface area (Å²) in [4.78, 5) is 23.4. The van der Waals surface area contributed by atoms with Crippen LogP contribution in [0.5, 0.6) is 0 Å². The third kappa shape index (κ3) is 2.06. The van der Waals surface area contributed by atoms with Gasteiger partial charge in [-0.15, -0.1) is 0 Å². The molecule has 0 aliphatic carbocycles. The fraction of sp³-hybridized carbons (Fsp3) is 0.0833. The molecule has 0 radical (unpaired) electrons. The highest BCUT2D eigenvalue weighted by Gasteiger charge is 2.06. The van der Waals surface area contributed by atoms with Gasteiger partial charge in [-0.25, -0.2) is 4.39 Å². The zero-order valence-corrected chi connectivity index (χ0v) is 9.21. The van der Waals surface area contributed by atoms with Gasteiger partial charge in [-0.05, 0) is 18.2 Å². The molecule has 0 aliphatic rings. The maximum atomic E-state index is 13.0. The maximum Gasteiger partial charge on any atom is 0.321 e. The predicted octanol–water partition coefficient (Wildman–Crippen LogP) is 0.662. The minimum absolute atomic E-state index is 0.196. The second-order valence-corrected chi connectivity index (χ2v) is 3.54. The molecule has 5 nitrogen and oxygen atoms in total. The van der Waals surface area contributed by atoms with Gasteiger partial charge in [0, 0.05) is 12.4 Å². The summed E-state index contributed by atoms with van der Waals surface area (Å²) in [5, 5.41) is 8.49. The average Bonchev–Trinajstić information content (AvgIpc) is 2.35. The van der Waals surface area contributed by atoms with Gasteiger partial charge in [-0.3, -0.25) is 18.7 Å². The Morgan fingerprint density at radius 3 is 2.67 bits per heavy atom. The lowest BCUT2D eigenvalue weighted by molar-refractivity contribution is 0.625. The summed E-state index contributed by atoms with van der Waals surface area (Å²) >= 11 is 0. The second-order valence-electron chi connectivity index (χ2n) is 3.54. The van der Waals surface area contributed by atoms with Gasteiger partial charge in [0.1, 0.15) is 12.4 Å². The molecule has 18 heavy (non-hydrogen) atoms. The van der Waals surface area contributed by atoms with Gasteiger partial charge in [0.05, 0.1) is 11.8 Å². The zero-order valence-electron chi connectivity index (χ0n) is 9.21. The van der Waals surface area contributed by atoms with Crippen molar-refractivity contribution in [2.45, 2.75) is 6.54 Å². The molecule has 2 rings (SSSR count). The number of nitrogens with zero attached hydrogens (tertiary/aromatic N) is 3. The number of hydrogen-bond acceptors (Lipinski definition) is 3. The molecule has 2 aromatic rings. The minimum atomic E-state index is -0.821. The Hall–Kier alpha value is -2.68. The van der Waals surface area contributed by atoms with Crippen LogP contribution >= 0.6 is 0 Å². The largest absolute Gasteiger partial charge is 0.321 e. The minimum Gasteiger partial charge on any atom is -0.295 e. The van der Waals surface area contributed by atoms with Gasteiger partial charge in [-0.1, -0.05) is 6.07 Å². The predicted molar refractivity (Wildman–Crippen MR) is 61.9 cm³/mol. The average molecular weight is 245 g/mol. The van der Waals surface area contributed by atoms with Gasteiger partial charge >= 0.3 is 11.1 Å². The van der Waals surface area contributed by atoms with Crippen molar-refractivity contribution in [2.24, 2.45) is 0 Å². The normalized spacial score (nSPS) is 10.0. The standard InChI is InChI=1S/C12H8FN3O2/c13-9-2-1-3-10(8-9)16-7-6-15(5-4-14)11(17)12(16)18/h1-3,6-8H,5H2. The molecule has 1 heterocycles. The van der Waals surface area contributed by atoms with Crippen LogP contribution < -0.4 is 11.1 Å². The molecule has 0 amide bonds. The first kappa shape index (κ1) is 11.8. The van der Waals surface area contributed by atoms with Gasteiger partial charge < -0.3 is 0 Å². The van der Waals surface area contributed by atoms with E-state index in [1.54, 1.807) is 6.07 Å². The topological polar surface area (TPSA) is 67.8 Å². The van der Waals surface area contributed by atoms with E-state index in [1.807, 2.05) is 0 Å². The van der Waals surface area contributed by atoms with E-state index < -0.39 is 16.9 Å². The van der Waals surface area contributed by atoms with Gasteiger partial charge in [-0.2, -0.15) is 5.26 Å². The Morgan fingerprint density at radius 2 is 2.00 bits per heavy atom. The molecule has 0 N–H and O–H groups in total. The quantitative estimate of drug-likeness (QED) is 0.730. The Kier molecular flexibility index (Phi) is 3.06. The number of hydrogen-bond donors (Lipinski definition) is 0. The van der Waals surface area contributed by atoms with Crippen molar-refractivity contribution < 1.29 is 4.39 Å². The van der Waals surface area contributed by atoms with Crippen molar-refractivity contribution in [3.63, 3.8) is 0 Å². The molecular weight excluding hydrogens is 237 g/mol. The Bertz CT molecular complexity index is 740. The van der Waals surface area contributed by atoms with Crippen molar-refractivity contribution in [2.75, 3.05) is 0 Å². The lowest BCUT2D eigenvalue weighted by atomic mass is 10.3. The van der Waals surface area contributed by atoms with E-state index in [1.165, 1.54) is 30.6 Å². The fourth-order valence-corrected chi connectivity index (χ4v) is 1.54. The van der Waals surface area contributed by atoms with E-state index in [-0.39, 0.29) is 12.2 Å². The molecule has 0 spiro atoms. The van der Waals surface area contributed by atoms with Crippen LogP contribution in [0.25, 0.3) is 5.69 Å². The number of benzene rings is 1. The molecule has 90 valence electrons. The smallest absolute Gasteiger partial charge is 0.295 e. The first-order valence-corrected chi connectivity index (χ1v) is 5.08. The van der Waals surface area contributed by atoms with Crippen LogP contribution in [0.2, 0.25) is 0 Å². The summed E-state index contributed by atoms with van der Waals surface area (Å²) in [5.41, 5.74) is -1.37. The summed E-state index contributed by atoms with van der Waals surface area (Å²) in [6, 6.07) is 7.12. The number of halogens is 1. The highest BCUT2D eigenvalue weighted by Crippen LogP contribution is 2.06. The highest BCUT2D eigenvalue weighted by molar-refractivity contribution is 5.31. The summed E-state index contributed by atoms with van der Waals surface area (Å²) in [6.45, 7) is -0.196. The van der Waals surface area contributed by atoms with E-state index in [4.69, 9.17) is 5.26 Å². The zero-order chi connectivity index (χ0) is 13.1. The SMILES string of the molecule is N#CCn1ccn(-c2cccc(F)c2)c(=O)c1=O. The van der Waals surface area contributed by atoms with E-state index in [2.05, 4.69) is 0 Å². The number of aromatic nitrogens is 2. The van der Waals surface area contributed by atoms with Crippen LogP contribution in [0.15, 0.2) is 46.2 Å². The monoisotopic (exact) mass is 245 g/mol. The summed E-state index contributed by atoms with van der Waals surface area (Å²) in [7, 11) is 0. The molecule has 0 aliphatic heterocycles. The molecule has 0 bridgehead atoms. The fourth-order valence-electron chi connectivity index (χ4n) is 1.54. The molecule has 0 fully saturated rings. The third-order valence-electron chi connectivity index (χ3n) is 2.39. The lowest BCUT2D eigenvalue weighted by Crippen LogP contribution is -2.39. The molecule has 0 saturated heterocycles. The molecule has 0 atom stereocenters. The molecule has 0 unspecified atom stereocenters. The Balaban J connectivity index is 2.62. The lowest BCUT2D eigenvalue weighted by Gasteiger charge is -2.06. The highest BCUT2D eigenvalue weighted by atomic mass is 19.1. The van der Waals surface area contributed by atoms with Crippen LogP contribution in [-0.2, 0) is 6.54 Å².